The molecule has 9 nitrogen and oxygen atoms in total. The summed E-state index contributed by atoms with van der Waals surface area (Å²) in [6.07, 6.45) is 0.475. The molecule has 0 aromatic heterocycles. The van der Waals surface area contributed by atoms with E-state index in [2.05, 4.69) is 0 Å². The van der Waals surface area contributed by atoms with Gasteiger partial charge in [0.1, 0.15) is 11.8 Å². The summed E-state index contributed by atoms with van der Waals surface area (Å²) < 4.78 is 27.9. The number of nitrogens with zero attached hydrogens (tertiary/aromatic N) is 2. The highest BCUT2D eigenvalue weighted by molar-refractivity contribution is 7.89. The van der Waals surface area contributed by atoms with Gasteiger partial charge in [0.2, 0.25) is 21.8 Å². The number of nitrogens with two attached hydrogens (primary N) is 1. The molecule has 1 fully saturated rings. The number of hydrogen-bond acceptors (Lipinski definition) is 6. The van der Waals surface area contributed by atoms with Crippen LogP contribution < -0.4 is 14.8 Å². The lowest BCUT2D eigenvalue weighted by Gasteiger charge is -2.27. The number of anilines is 1. The van der Waals surface area contributed by atoms with Crippen molar-refractivity contribution in [3.63, 3.8) is 0 Å². The molecule has 0 unspecified atom stereocenters. The van der Waals surface area contributed by atoms with E-state index >= 15 is 0 Å². The van der Waals surface area contributed by atoms with Crippen LogP contribution >= 0.6 is 0 Å². The Morgan fingerprint density at radius 2 is 1.75 bits per heavy atom. The lowest BCUT2D eigenvalue weighted by Crippen LogP contribution is -2.46. The first-order valence-electron chi connectivity index (χ1n) is 10.1. The summed E-state index contributed by atoms with van der Waals surface area (Å²) >= 11 is 0. The fourth-order valence-electron chi connectivity index (χ4n) is 3.61. The van der Waals surface area contributed by atoms with Crippen LogP contribution in [0.25, 0.3) is 0 Å². The van der Waals surface area contributed by atoms with Gasteiger partial charge in [-0.05, 0) is 48.4 Å². The molecule has 0 aliphatic carbocycles. The third-order valence-corrected chi connectivity index (χ3v) is 6.27. The zero-order valence-corrected chi connectivity index (χ0v) is 18.7. The normalized spacial score (nSPS) is 16.3. The van der Waals surface area contributed by atoms with Crippen molar-refractivity contribution in [2.45, 2.75) is 37.1 Å². The number of ether oxygens (including phenoxy) is 1. The molecule has 2 N–H and O–H groups in total. The van der Waals surface area contributed by atoms with Gasteiger partial charge in [0.15, 0.2) is 0 Å². The maximum Gasteiger partial charge on any atom is 0.257 e. The molecule has 3 amide bonds. The van der Waals surface area contributed by atoms with Crippen LogP contribution in [0.1, 0.15) is 25.3 Å². The third-order valence-electron chi connectivity index (χ3n) is 5.35. The quantitative estimate of drug-likeness (QED) is 0.596. The highest BCUT2D eigenvalue weighted by atomic mass is 32.2. The van der Waals surface area contributed by atoms with Gasteiger partial charge in [-0.25, -0.2) is 18.5 Å². The van der Waals surface area contributed by atoms with Crippen molar-refractivity contribution in [3.8, 4) is 5.75 Å². The minimum atomic E-state index is -3.79. The van der Waals surface area contributed by atoms with Gasteiger partial charge in [-0.2, -0.15) is 0 Å². The van der Waals surface area contributed by atoms with Crippen molar-refractivity contribution in [1.29, 1.82) is 0 Å². The second-order valence-corrected chi connectivity index (χ2v) is 8.93. The molecular formula is C22H25N3O6S. The highest BCUT2D eigenvalue weighted by Gasteiger charge is 2.43. The molecule has 1 saturated heterocycles. The molecule has 10 heteroatoms. The van der Waals surface area contributed by atoms with E-state index in [0.29, 0.717) is 17.9 Å². The second-order valence-electron chi connectivity index (χ2n) is 7.36. The summed E-state index contributed by atoms with van der Waals surface area (Å²) in [5, 5.41) is 5.11. The van der Waals surface area contributed by atoms with Crippen molar-refractivity contribution in [2.75, 3.05) is 18.6 Å². The van der Waals surface area contributed by atoms with Crippen LogP contribution in [-0.4, -0.2) is 50.7 Å². The average molecular weight is 460 g/mol. The second kappa shape index (κ2) is 9.49. The summed E-state index contributed by atoms with van der Waals surface area (Å²) in [7, 11) is -2.27. The van der Waals surface area contributed by atoms with Gasteiger partial charge in [0, 0.05) is 13.0 Å². The van der Waals surface area contributed by atoms with Crippen LogP contribution in [0, 0.1) is 0 Å². The minimum absolute atomic E-state index is 0.00515. The summed E-state index contributed by atoms with van der Waals surface area (Å²) in [6, 6.07) is 11.7. The summed E-state index contributed by atoms with van der Waals surface area (Å²) in [4.78, 5) is 40.9. The molecule has 1 aliphatic rings. The lowest BCUT2D eigenvalue weighted by molar-refractivity contribution is -0.138. The Balaban J connectivity index is 1.77. The van der Waals surface area contributed by atoms with Crippen molar-refractivity contribution in [2.24, 2.45) is 5.14 Å². The summed E-state index contributed by atoms with van der Waals surface area (Å²) in [5.74, 6) is -0.474. The fourth-order valence-corrected chi connectivity index (χ4v) is 4.13. The Morgan fingerprint density at radius 3 is 2.28 bits per heavy atom. The van der Waals surface area contributed by atoms with Crippen molar-refractivity contribution >= 4 is 33.4 Å². The number of carbonyl (C=O) groups is 3. The number of methoxy groups -OCH3 is 1. The van der Waals surface area contributed by atoms with E-state index < -0.39 is 22.0 Å². The summed E-state index contributed by atoms with van der Waals surface area (Å²) in [5.41, 5.74) is 1.20. The zero-order chi connectivity index (χ0) is 23.5. The maximum absolute atomic E-state index is 13.1. The van der Waals surface area contributed by atoms with Crippen LogP contribution in [0.2, 0.25) is 0 Å². The van der Waals surface area contributed by atoms with E-state index in [0.717, 1.165) is 10.5 Å². The Hall–Kier alpha value is -3.24. The first kappa shape index (κ1) is 23.4. The Morgan fingerprint density at radius 1 is 1.12 bits per heavy atom. The molecular weight excluding hydrogens is 434 g/mol. The van der Waals surface area contributed by atoms with Gasteiger partial charge in [-0.1, -0.05) is 19.1 Å². The van der Waals surface area contributed by atoms with E-state index in [1.165, 1.54) is 24.1 Å². The lowest BCUT2D eigenvalue weighted by atomic mass is 10.1. The standard InChI is InChI=1S/C22H25N3O6S/c1-3-20(26)24(13-12-15-4-10-18(11-5-15)32(23,29)30)19-14-21(27)25(22(19)28)16-6-8-17(31-2)9-7-16/h4-11,19H,3,12-14H2,1-2H3,(H2,23,29,30)/t19-/m0/s1. The number of benzene rings is 2. The predicted octanol–water partition coefficient (Wildman–Crippen LogP) is 1.46. The Labute approximate surface area is 186 Å². The fraction of sp³-hybridized carbons (Fsp3) is 0.318. The molecule has 0 radical (unpaired) electrons. The number of primary sulfonamides is 1. The van der Waals surface area contributed by atoms with Gasteiger partial charge >= 0.3 is 0 Å². The average Bonchev–Trinajstić information content (AvgIpc) is 3.07. The van der Waals surface area contributed by atoms with Gasteiger partial charge in [0.05, 0.1) is 24.1 Å². The Kier molecular flexibility index (Phi) is 6.95. The first-order chi connectivity index (χ1) is 15.2. The predicted molar refractivity (Wildman–Crippen MR) is 117 cm³/mol. The molecule has 2 aromatic carbocycles. The van der Waals surface area contributed by atoms with Crippen LogP contribution in [0.3, 0.4) is 0 Å². The van der Waals surface area contributed by atoms with Gasteiger partial charge in [-0.15, -0.1) is 0 Å². The molecule has 1 heterocycles. The number of hydrogen-bond donors (Lipinski definition) is 1. The number of amides is 3. The maximum atomic E-state index is 13.1. The smallest absolute Gasteiger partial charge is 0.257 e. The van der Waals surface area contributed by atoms with Crippen LogP contribution in [0.5, 0.6) is 5.75 Å². The van der Waals surface area contributed by atoms with E-state index in [1.807, 2.05) is 0 Å². The topological polar surface area (TPSA) is 127 Å². The number of sulfonamides is 1. The molecule has 1 aliphatic heterocycles. The highest BCUT2D eigenvalue weighted by Crippen LogP contribution is 2.28. The third kappa shape index (κ3) is 4.97. The molecule has 3 rings (SSSR count). The number of imide groups is 1. The van der Waals surface area contributed by atoms with Crippen molar-refractivity contribution < 1.29 is 27.5 Å². The van der Waals surface area contributed by atoms with E-state index in [4.69, 9.17) is 9.88 Å². The number of carbonyl (C=O) groups excluding carboxylic acids is 3. The molecule has 1 atom stereocenters. The van der Waals surface area contributed by atoms with Crippen LogP contribution in [-0.2, 0) is 30.8 Å². The summed E-state index contributed by atoms with van der Waals surface area (Å²) in [6.45, 7) is 1.90. The van der Waals surface area contributed by atoms with Crippen LogP contribution in [0.15, 0.2) is 53.4 Å². The van der Waals surface area contributed by atoms with E-state index in [-0.39, 0.29) is 36.1 Å². The number of rotatable bonds is 8. The molecule has 2 aromatic rings. The molecule has 0 spiro atoms. The van der Waals surface area contributed by atoms with Gasteiger partial charge in [0.25, 0.3) is 5.91 Å². The van der Waals surface area contributed by atoms with Crippen molar-refractivity contribution in [3.05, 3.63) is 54.1 Å². The SMILES string of the molecule is CCC(=O)N(CCc1ccc(S(N)(=O)=O)cc1)[C@H]1CC(=O)N(c2ccc(OC)cc2)C1=O. The van der Waals surface area contributed by atoms with E-state index in [9.17, 15) is 22.8 Å². The Bertz CT molecular complexity index is 1110. The van der Waals surface area contributed by atoms with Gasteiger partial charge in [-0.3, -0.25) is 14.4 Å². The monoisotopic (exact) mass is 459 g/mol. The zero-order valence-electron chi connectivity index (χ0n) is 17.9. The van der Waals surface area contributed by atoms with Crippen LogP contribution in [0.4, 0.5) is 5.69 Å². The largest absolute Gasteiger partial charge is 0.497 e. The molecule has 0 bridgehead atoms. The minimum Gasteiger partial charge on any atom is -0.497 e. The molecule has 0 saturated carbocycles. The van der Waals surface area contributed by atoms with E-state index in [1.54, 1.807) is 43.3 Å². The van der Waals surface area contributed by atoms with Crippen molar-refractivity contribution in [1.82, 2.24) is 4.90 Å². The molecule has 32 heavy (non-hydrogen) atoms. The molecule has 170 valence electrons. The van der Waals surface area contributed by atoms with Gasteiger partial charge < -0.3 is 9.64 Å². The first-order valence-corrected chi connectivity index (χ1v) is 11.6.